The first-order valence-corrected chi connectivity index (χ1v) is 6.23. The Hall–Kier alpha value is -2.38. The van der Waals surface area contributed by atoms with Crippen molar-refractivity contribution in [3.63, 3.8) is 0 Å². The Morgan fingerprint density at radius 2 is 2.05 bits per heavy atom. The SMILES string of the molecule is CCOC(=O)CCC(=O)Nc1cnn(CC(=O)NC)c1. The molecule has 8 heteroatoms. The molecule has 0 saturated heterocycles. The number of amides is 2. The molecule has 0 atom stereocenters. The van der Waals surface area contributed by atoms with Gasteiger partial charge in [0.05, 0.1) is 24.9 Å². The molecule has 0 bridgehead atoms. The van der Waals surface area contributed by atoms with Crippen LogP contribution in [0.2, 0.25) is 0 Å². The van der Waals surface area contributed by atoms with Gasteiger partial charge in [0.25, 0.3) is 0 Å². The van der Waals surface area contributed by atoms with Gasteiger partial charge in [0.15, 0.2) is 0 Å². The topological polar surface area (TPSA) is 102 Å². The monoisotopic (exact) mass is 282 g/mol. The average molecular weight is 282 g/mol. The number of nitrogens with one attached hydrogen (secondary N) is 2. The maximum Gasteiger partial charge on any atom is 0.306 e. The van der Waals surface area contributed by atoms with E-state index in [1.165, 1.54) is 24.1 Å². The molecule has 0 aliphatic rings. The molecule has 1 aromatic heterocycles. The fourth-order valence-electron chi connectivity index (χ4n) is 1.41. The molecule has 0 saturated carbocycles. The summed E-state index contributed by atoms with van der Waals surface area (Å²) in [7, 11) is 1.53. The minimum absolute atomic E-state index is 0.0338. The van der Waals surface area contributed by atoms with Crippen LogP contribution in [-0.4, -0.2) is 41.2 Å². The van der Waals surface area contributed by atoms with Gasteiger partial charge in [-0.2, -0.15) is 5.10 Å². The van der Waals surface area contributed by atoms with Gasteiger partial charge in [0, 0.05) is 19.7 Å². The maximum absolute atomic E-state index is 11.6. The van der Waals surface area contributed by atoms with E-state index in [2.05, 4.69) is 15.7 Å². The van der Waals surface area contributed by atoms with Crippen molar-refractivity contribution < 1.29 is 19.1 Å². The fourth-order valence-corrected chi connectivity index (χ4v) is 1.41. The number of hydrogen-bond acceptors (Lipinski definition) is 5. The van der Waals surface area contributed by atoms with Gasteiger partial charge >= 0.3 is 5.97 Å². The molecule has 110 valence electrons. The third-order valence-electron chi connectivity index (χ3n) is 2.36. The Kier molecular flexibility index (Phi) is 6.21. The van der Waals surface area contributed by atoms with Gasteiger partial charge in [0.2, 0.25) is 11.8 Å². The number of rotatable bonds is 7. The highest BCUT2D eigenvalue weighted by Crippen LogP contribution is 2.06. The van der Waals surface area contributed by atoms with Crippen LogP contribution in [0.1, 0.15) is 19.8 Å². The van der Waals surface area contributed by atoms with Crippen LogP contribution >= 0.6 is 0 Å². The fraction of sp³-hybridized carbons (Fsp3) is 0.500. The van der Waals surface area contributed by atoms with Crippen LogP contribution < -0.4 is 10.6 Å². The third-order valence-corrected chi connectivity index (χ3v) is 2.36. The molecule has 1 heterocycles. The molecule has 0 aromatic carbocycles. The molecule has 0 fully saturated rings. The van der Waals surface area contributed by atoms with E-state index in [1.807, 2.05) is 0 Å². The van der Waals surface area contributed by atoms with Crippen molar-refractivity contribution in [1.82, 2.24) is 15.1 Å². The van der Waals surface area contributed by atoms with Crippen molar-refractivity contribution in [2.24, 2.45) is 0 Å². The van der Waals surface area contributed by atoms with Crippen LogP contribution in [0.25, 0.3) is 0 Å². The minimum atomic E-state index is -0.405. The molecule has 0 unspecified atom stereocenters. The summed E-state index contributed by atoms with van der Waals surface area (Å²) in [5.41, 5.74) is 0.475. The van der Waals surface area contributed by atoms with Crippen molar-refractivity contribution in [2.45, 2.75) is 26.3 Å². The lowest BCUT2D eigenvalue weighted by Gasteiger charge is -2.02. The van der Waals surface area contributed by atoms with Crippen molar-refractivity contribution in [3.05, 3.63) is 12.4 Å². The van der Waals surface area contributed by atoms with E-state index < -0.39 is 5.97 Å². The minimum Gasteiger partial charge on any atom is -0.466 e. The Morgan fingerprint density at radius 3 is 2.70 bits per heavy atom. The van der Waals surface area contributed by atoms with Gasteiger partial charge in [-0.15, -0.1) is 0 Å². The van der Waals surface area contributed by atoms with Crippen LogP contribution in [0.3, 0.4) is 0 Å². The van der Waals surface area contributed by atoms with E-state index in [9.17, 15) is 14.4 Å². The molecule has 0 aliphatic heterocycles. The first-order valence-electron chi connectivity index (χ1n) is 6.23. The second kappa shape index (κ2) is 7.93. The zero-order valence-corrected chi connectivity index (χ0v) is 11.5. The quantitative estimate of drug-likeness (QED) is 0.680. The summed E-state index contributed by atoms with van der Waals surface area (Å²) < 4.78 is 6.13. The van der Waals surface area contributed by atoms with Gasteiger partial charge in [0.1, 0.15) is 6.54 Å². The molecule has 0 spiro atoms. The number of aromatic nitrogens is 2. The summed E-state index contributed by atoms with van der Waals surface area (Å²) >= 11 is 0. The molecule has 2 amide bonds. The van der Waals surface area contributed by atoms with Crippen LogP contribution in [0.15, 0.2) is 12.4 Å². The van der Waals surface area contributed by atoms with E-state index in [-0.39, 0.29) is 31.2 Å². The van der Waals surface area contributed by atoms with Crippen molar-refractivity contribution >= 4 is 23.5 Å². The van der Waals surface area contributed by atoms with E-state index >= 15 is 0 Å². The Morgan fingerprint density at radius 1 is 1.30 bits per heavy atom. The maximum atomic E-state index is 11.6. The normalized spacial score (nSPS) is 9.90. The molecular weight excluding hydrogens is 264 g/mol. The van der Waals surface area contributed by atoms with Crippen molar-refractivity contribution in [1.29, 1.82) is 0 Å². The molecule has 1 aromatic rings. The standard InChI is InChI=1S/C12H18N4O4/c1-3-20-12(19)5-4-10(17)15-9-6-14-16(7-9)8-11(18)13-2/h6-7H,3-5,8H2,1-2H3,(H,13,18)(H,15,17). The Labute approximate surface area is 116 Å². The number of carbonyl (C=O) groups excluding carboxylic acids is 3. The summed E-state index contributed by atoms with van der Waals surface area (Å²) in [6.07, 6.45) is 3.05. The van der Waals surface area contributed by atoms with Crippen LogP contribution in [0, 0.1) is 0 Å². The second-order valence-electron chi connectivity index (χ2n) is 3.95. The number of anilines is 1. The van der Waals surface area contributed by atoms with Gasteiger partial charge in [-0.3, -0.25) is 19.1 Å². The molecule has 2 N–H and O–H groups in total. The molecule has 1 rings (SSSR count). The number of carbonyl (C=O) groups is 3. The third kappa shape index (κ3) is 5.51. The number of esters is 1. The van der Waals surface area contributed by atoms with Gasteiger partial charge in [-0.05, 0) is 6.92 Å². The smallest absolute Gasteiger partial charge is 0.306 e. The first-order chi connectivity index (χ1) is 9.55. The van der Waals surface area contributed by atoms with Gasteiger partial charge in [-0.1, -0.05) is 0 Å². The number of ether oxygens (including phenoxy) is 1. The first kappa shape index (κ1) is 15.7. The predicted molar refractivity (Wildman–Crippen MR) is 70.8 cm³/mol. The highest BCUT2D eigenvalue weighted by atomic mass is 16.5. The summed E-state index contributed by atoms with van der Waals surface area (Å²) in [6, 6.07) is 0. The zero-order valence-electron chi connectivity index (χ0n) is 11.5. The lowest BCUT2D eigenvalue weighted by molar-refractivity contribution is -0.144. The second-order valence-corrected chi connectivity index (χ2v) is 3.95. The highest BCUT2D eigenvalue weighted by molar-refractivity contribution is 5.92. The van der Waals surface area contributed by atoms with Crippen LogP contribution in [0.5, 0.6) is 0 Å². The molecule has 20 heavy (non-hydrogen) atoms. The Bertz CT molecular complexity index is 484. The highest BCUT2D eigenvalue weighted by Gasteiger charge is 2.09. The molecule has 8 nitrogen and oxygen atoms in total. The lowest BCUT2D eigenvalue weighted by Crippen LogP contribution is -2.23. The van der Waals surface area contributed by atoms with E-state index in [0.717, 1.165) is 0 Å². The lowest BCUT2D eigenvalue weighted by atomic mass is 10.3. The van der Waals surface area contributed by atoms with E-state index in [0.29, 0.717) is 12.3 Å². The predicted octanol–water partition coefficient (Wildman–Crippen LogP) is -0.0891. The average Bonchev–Trinajstić information content (AvgIpc) is 2.83. The van der Waals surface area contributed by atoms with Gasteiger partial charge < -0.3 is 15.4 Å². The number of likely N-dealkylation sites (N-methyl/N-ethyl adjacent to an activating group) is 1. The summed E-state index contributed by atoms with van der Waals surface area (Å²) in [6.45, 7) is 2.08. The molecular formula is C12H18N4O4. The van der Waals surface area contributed by atoms with Crippen molar-refractivity contribution in [2.75, 3.05) is 19.0 Å². The zero-order chi connectivity index (χ0) is 15.0. The number of hydrogen-bond donors (Lipinski definition) is 2. The summed E-state index contributed by atoms with van der Waals surface area (Å²) in [5.74, 6) is -0.899. The molecule has 0 aliphatic carbocycles. The summed E-state index contributed by atoms with van der Waals surface area (Å²) in [4.78, 5) is 33.8. The largest absolute Gasteiger partial charge is 0.466 e. The van der Waals surface area contributed by atoms with Gasteiger partial charge in [-0.25, -0.2) is 0 Å². The van der Waals surface area contributed by atoms with E-state index in [1.54, 1.807) is 6.92 Å². The molecule has 0 radical (unpaired) electrons. The van der Waals surface area contributed by atoms with Crippen LogP contribution in [-0.2, 0) is 25.7 Å². The van der Waals surface area contributed by atoms with Crippen LogP contribution in [0.4, 0.5) is 5.69 Å². The van der Waals surface area contributed by atoms with Crippen molar-refractivity contribution in [3.8, 4) is 0 Å². The summed E-state index contributed by atoms with van der Waals surface area (Å²) in [5, 5.41) is 8.99. The van der Waals surface area contributed by atoms with E-state index in [4.69, 9.17) is 4.74 Å². The Balaban J connectivity index is 2.38. The number of nitrogens with zero attached hydrogens (tertiary/aromatic N) is 2.